The van der Waals surface area contributed by atoms with E-state index in [4.69, 9.17) is 0 Å². The second-order valence-electron chi connectivity index (χ2n) is 24.2. The Labute approximate surface area is 541 Å². The van der Waals surface area contributed by atoms with Gasteiger partial charge in [-0.3, -0.25) is 0 Å². The first-order valence-corrected chi connectivity index (χ1v) is 33.2. The molecule has 0 atom stereocenters. The molecule has 2 aliphatic heterocycles. The van der Waals surface area contributed by atoms with E-state index < -0.39 is 0 Å². The highest BCUT2D eigenvalue weighted by atomic mass is 32.1. The van der Waals surface area contributed by atoms with Gasteiger partial charge in [0.1, 0.15) is 0 Å². The van der Waals surface area contributed by atoms with Crippen molar-refractivity contribution in [2.45, 2.75) is 0 Å². The van der Waals surface area contributed by atoms with Crippen LogP contribution in [0.4, 0.5) is 34.1 Å². The van der Waals surface area contributed by atoms with Crippen LogP contribution in [0.25, 0.3) is 125 Å². The summed E-state index contributed by atoms with van der Waals surface area (Å²) in [7, 11) is 0. The maximum atomic E-state index is 2.74. The van der Waals surface area contributed by atoms with Crippen LogP contribution in [0.1, 0.15) is 0 Å². The van der Waals surface area contributed by atoms with Crippen molar-refractivity contribution in [1.29, 1.82) is 0 Å². The van der Waals surface area contributed by atoms with Crippen molar-refractivity contribution in [3.8, 4) is 72.4 Å². The third-order valence-corrected chi connectivity index (χ3v) is 21.6. The van der Waals surface area contributed by atoms with Gasteiger partial charge < -0.3 is 14.4 Å². The van der Waals surface area contributed by atoms with Crippen molar-refractivity contribution >= 4 is 131 Å². The van der Waals surface area contributed by atoms with E-state index in [-0.39, 0.29) is 6.71 Å². The summed E-state index contributed by atoms with van der Waals surface area (Å²) >= 11 is 3.88. The summed E-state index contributed by atoms with van der Waals surface area (Å²) < 4.78 is 7.60. The Morgan fingerprint density at radius 1 is 0.261 bits per heavy atom. The van der Waals surface area contributed by atoms with E-state index in [2.05, 4.69) is 342 Å². The van der Waals surface area contributed by atoms with E-state index in [0.29, 0.717) is 0 Å². The van der Waals surface area contributed by atoms with Gasteiger partial charge in [0.15, 0.2) is 0 Å². The van der Waals surface area contributed by atoms with Crippen molar-refractivity contribution in [3.05, 3.63) is 328 Å². The first-order chi connectivity index (χ1) is 45.7. The SMILES string of the molecule is c1ccc(-c2cccc(-c3cccc(-c4cccc(-c5ccccc5)c4)c3N3c4ccc(-n5c6ccccc6c6ccccc65)cc4B4c5sc6ccccc6c5N(c5c(-c6ccccc6)cccc5-c5ccccc5)c5cc6c(sc7ccccc76)c3c54)c2)cc1. The van der Waals surface area contributed by atoms with Crippen molar-refractivity contribution in [2.75, 3.05) is 9.80 Å². The Hall–Kier alpha value is -11.3. The van der Waals surface area contributed by atoms with Crippen LogP contribution < -0.4 is 25.5 Å². The average molecular weight is 1200 g/mol. The van der Waals surface area contributed by atoms with Gasteiger partial charge >= 0.3 is 0 Å². The molecule has 428 valence electrons. The first kappa shape index (κ1) is 52.6. The molecule has 0 saturated carbocycles. The molecule has 0 amide bonds. The Morgan fingerprint density at radius 3 is 1.24 bits per heavy atom. The van der Waals surface area contributed by atoms with Crippen LogP contribution in [0, 0.1) is 0 Å². The van der Waals surface area contributed by atoms with E-state index in [1.807, 2.05) is 22.7 Å². The zero-order valence-corrected chi connectivity index (χ0v) is 51.5. The summed E-state index contributed by atoms with van der Waals surface area (Å²) in [4.78, 5) is 5.46. The van der Waals surface area contributed by atoms with E-state index in [0.717, 1.165) is 56.1 Å². The predicted octanol–water partition coefficient (Wildman–Crippen LogP) is 22.5. The molecule has 3 aromatic heterocycles. The normalized spacial score (nSPS) is 12.5. The molecule has 0 unspecified atom stereocenters. The highest BCUT2D eigenvalue weighted by Gasteiger charge is 2.48. The Kier molecular flexibility index (Phi) is 12.1. The highest BCUT2D eigenvalue weighted by Crippen LogP contribution is 2.58. The zero-order valence-electron chi connectivity index (χ0n) is 49.9. The standard InChI is InChI=1S/C86H54BN3S2/c1-5-25-55(26-6-1)59-33-21-35-61(51-59)66-43-24-44-67(62-36-22-34-60(52-62)56-27-7-2-8-28-56)82(66)89-76-50-49-63(88-74-45-17-13-37-68(74)69-38-14-18-46-75(69)88)53-73(76)87-80-77(54-72-70-39-15-19-47-78(70)91-85(72)84(80)89)90(83-71-40-16-20-48-79(71)92-86(83)87)81-64(57-29-9-3-10-30-57)41-23-42-65(81)58-31-11-4-12-32-58/h1-54H. The number of aromatic nitrogens is 1. The molecular formula is C86H54BN3S2. The zero-order chi connectivity index (χ0) is 60.4. The summed E-state index contributed by atoms with van der Waals surface area (Å²) in [5, 5.41) is 6.20. The number of benzene rings is 14. The van der Waals surface area contributed by atoms with Crippen LogP contribution in [-0.2, 0) is 0 Å². The molecule has 0 bridgehead atoms. The monoisotopic (exact) mass is 1200 g/mol. The first-order valence-electron chi connectivity index (χ1n) is 31.6. The largest absolute Gasteiger partial charge is 0.309 e. The third-order valence-electron chi connectivity index (χ3n) is 19.1. The lowest BCUT2D eigenvalue weighted by Crippen LogP contribution is -2.60. The fraction of sp³-hybridized carbons (Fsp3) is 0. The number of thiophene rings is 2. The van der Waals surface area contributed by atoms with E-state index in [1.54, 1.807) is 0 Å². The van der Waals surface area contributed by atoms with Gasteiger partial charge in [-0.25, -0.2) is 0 Å². The number of para-hydroxylation sites is 4. The minimum Gasteiger partial charge on any atom is -0.309 e. The summed E-state index contributed by atoms with van der Waals surface area (Å²) in [5.41, 5.74) is 27.0. The quantitative estimate of drug-likeness (QED) is 0.133. The number of nitrogens with zero attached hydrogens (tertiary/aromatic N) is 3. The van der Waals surface area contributed by atoms with Crippen LogP contribution in [0.2, 0.25) is 0 Å². The van der Waals surface area contributed by atoms with E-state index in [9.17, 15) is 0 Å². The van der Waals surface area contributed by atoms with Crippen LogP contribution in [0.5, 0.6) is 0 Å². The van der Waals surface area contributed by atoms with Gasteiger partial charge in [-0.2, -0.15) is 0 Å². The molecule has 0 radical (unpaired) electrons. The number of hydrogen-bond acceptors (Lipinski definition) is 4. The average Bonchev–Trinajstić information content (AvgIpc) is 1.28. The van der Waals surface area contributed by atoms with Crippen LogP contribution in [-0.4, -0.2) is 11.3 Å². The molecule has 19 rings (SSSR count). The van der Waals surface area contributed by atoms with Crippen LogP contribution in [0.15, 0.2) is 328 Å². The number of anilines is 6. The molecule has 0 saturated heterocycles. The minimum absolute atomic E-state index is 0.194. The lowest BCUT2D eigenvalue weighted by molar-refractivity contribution is 1.18. The molecule has 5 heterocycles. The molecule has 0 aliphatic carbocycles. The van der Waals surface area contributed by atoms with E-state index >= 15 is 0 Å². The molecule has 92 heavy (non-hydrogen) atoms. The summed E-state index contributed by atoms with van der Waals surface area (Å²) in [6, 6.07) is 122. The van der Waals surface area contributed by atoms with Crippen molar-refractivity contribution in [3.63, 3.8) is 0 Å². The lowest BCUT2D eigenvalue weighted by atomic mass is 9.36. The van der Waals surface area contributed by atoms with E-state index in [1.165, 1.54) is 118 Å². The summed E-state index contributed by atoms with van der Waals surface area (Å²) in [6.45, 7) is -0.194. The Bertz CT molecular complexity index is 5580. The molecule has 6 heteroatoms. The van der Waals surface area contributed by atoms with Crippen molar-refractivity contribution < 1.29 is 0 Å². The number of rotatable bonds is 9. The maximum Gasteiger partial charge on any atom is 0.264 e. The number of fused-ring (bicyclic) bond motifs is 13. The van der Waals surface area contributed by atoms with Crippen molar-refractivity contribution in [1.82, 2.24) is 4.57 Å². The van der Waals surface area contributed by atoms with Gasteiger partial charge in [-0.1, -0.05) is 267 Å². The van der Waals surface area contributed by atoms with Gasteiger partial charge in [0, 0.05) is 80.4 Å². The molecule has 17 aromatic rings. The van der Waals surface area contributed by atoms with Gasteiger partial charge in [0.05, 0.1) is 38.5 Å². The van der Waals surface area contributed by atoms with Crippen molar-refractivity contribution in [2.24, 2.45) is 0 Å². The van der Waals surface area contributed by atoms with Gasteiger partial charge in [-0.15, -0.1) is 22.7 Å². The molecule has 3 nitrogen and oxygen atoms in total. The second-order valence-corrected chi connectivity index (χ2v) is 26.3. The van der Waals surface area contributed by atoms with Gasteiger partial charge in [0.2, 0.25) is 0 Å². The number of hydrogen-bond donors (Lipinski definition) is 0. The van der Waals surface area contributed by atoms with Gasteiger partial charge in [0.25, 0.3) is 6.71 Å². The molecule has 0 spiro atoms. The van der Waals surface area contributed by atoms with Crippen LogP contribution >= 0.6 is 22.7 Å². The molecule has 0 fully saturated rings. The summed E-state index contributed by atoms with van der Waals surface area (Å²) in [5.74, 6) is 0. The Balaban J connectivity index is 1.00. The minimum atomic E-state index is -0.194. The second kappa shape index (κ2) is 21.2. The fourth-order valence-corrected chi connectivity index (χ4v) is 17.7. The maximum absolute atomic E-state index is 2.74. The Morgan fingerprint density at radius 2 is 0.685 bits per heavy atom. The molecule has 0 N–H and O–H groups in total. The molecule has 2 aliphatic rings. The van der Waals surface area contributed by atoms with Crippen LogP contribution in [0.3, 0.4) is 0 Å². The smallest absolute Gasteiger partial charge is 0.264 e. The molecule has 14 aromatic carbocycles. The predicted molar refractivity (Wildman–Crippen MR) is 396 cm³/mol. The topological polar surface area (TPSA) is 11.4 Å². The third kappa shape index (κ3) is 8.14. The summed E-state index contributed by atoms with van der Waals surface area (Å²) in [6.07, 6.45) is 0. The molecular weight excluding hydrogens is 1150 g/mol. The highest BCUT2D eigenvalue weighted by molar-refractivity contribution is 7.34. The van der Waals surface area contributed by atoms with Gasteiger partial charge in [-0.05, 0) is 116 Å². The fourth-order valence-electron chi connectivity index (χ4n) is 15.2. The lowest BCUT2D eigenvalue weighted by Gasteiger charge is -2.45.